The summed E-state index contributed by atoms with van der Waals surface area (Å²) in [4.78, 5) is 40.2. The highest BCUT2D eigenvalue weighted by Crippen LogP contribution is 2.22. The Morgan fingerprint density at radius 2 is 1.92 bits per heavy atom. The molecule has 9 nitrogen and oxygen atoms in total. The number of pyridine rings is 2. The highest BCUT2D eigenvalue weighted by Gasteiger charge is 2.20. The van der Waals surface area contributed by atoms with Gasteiger partial charge in [0.15, 0.2) is 0 Å². The highest BCUT2D eigenvalue weighted by molar-refractivity contribution is 6.38. The predicted molar refractivity (Wildman–Crippen MR) is 90.5 cm³/mol. The molecule has 4 N–H and O–H groups in total. The summed E-state index contributed by atoms with van der Waals surface area (Å²) in [6.45, 7) is 0. The number of rotatable bonds is 2. The van der Waals surface area contributed by atoms with Crippen molar-refractivity contribution >= 4 is 45.1 Å². The van der Waals surface area contributed by atoms with Crippen LogP contribution in [0.3, 0.4) is 0 Å². The molecular weight excluding hydrogens is 324 g/mol. The van der Waals surface area contributed by atoms with Crippen molar-refractivity contribution in [3.05, 3.63) is 49.3 Å². The normalized spacial score (nSPS) is 10.9. The lowest BCUT2D eigenvalue weighted by molar-refractivity contribution is -0.152. The van der Waals surface area contributed by atoms with Gasteiger partial charge in [-0.25, -0.2) is 4.79 Å². The zero-order valence-corrected chi connectivity index (χ0v) is 12.8. The average Bonchev–Trinajstić information content (AvgIpc) is 3.17. The Bertz CT molecular complexity index is 1110. The summed E-state index contributed by atoms with van der Waals surface area (Å²) >= 11 is 0. The van der Waals surface area contributed by atoms with E-state index in [9.17, 15) is 9.59 Å². The molecule has 0 bridgehead atoms. The van der Waals surface area contributed by atoms with Crippen LogP contribution in [0, 0.1) is 0 Å². The minimum atomic E-state index is -1.08. The lowest BCUT2D eigenvalue weighted by atomic mass is 10.3. The maximum Gasteiger partial charge on any atom is 0.421 e. The maximum atomic E-state index is 12.1. The lowest BCUT2D eigenvalue weighted by Gasteiger charge is -2.06. The van der Waals surface area contributed by atoms with Crippen LogP contribution < -0.4 is 15.9 Å². The van der Waals surface area contributed by atoms with Gasteiger partial charge in [0.05, 0.1) is 35.5 Å². The van der Waals surface area contributed by atoms with Gasteiger partial charge in [-0.05, 0) is 12.1 Å². The Hall–Kier alpha value is -3.88. The number of carbonyl (C=O) groups is 2. The highest BCUT2D eigenvalue weighted by atomic mass is 16.7. The molecule has 0 radical (unpaired) electrons. The molecule has 4 aromatic rings. The average molecular weight is 336 g/mol. The van der Waals surface area contributed by atoms with Gasteiger partial charge in [0.2, 0.25) is 0 Å². The second kappa shape index (κ2) is 5.64. The van der Waals surface area contributed by atoms with Crippen molar-refractivity contribution in [2.24, 2.45) is 0 Å². The fraction of sp³-hybridized carbons (Fsp3) is 0. The summed E-state index contributed by atoms with van der Waals surface area (Å²) in [5, 5.41) is 3.91. The summed E-state index contributed by atoms with van der Waals surface area (Å²) < 4.78 is 1.12. The monoisotopic (exact) mass is 336 g/mol. The molecule has 4 rings (SSSR count). The first-order valence-electron chi connectivity index (χ1n) is 7.29. The third-order valence-electron chi connectivity index (χ3n) is 3.70. The van der Waals surface area contributed by atoms with E-state index in [1.165, 1.54) is 12.4 Å². The number of aromatic amines is 1. The van der Waals surface area contributed by atoms with Gasteiger partial charge in [0.1, 0.15) is 5.52 Å². The molecule has 0 saturated heterocycles. The van der Waals surface area contributed by atoms with E-state index < -0.39 is 11.9 Å². The van der Waals surface area contributed by atoms with Gasteiger partial charge in [0.25, 0.3) is 0 Å². The Morgan fingerprint density at radius 1 is 1.16 bits per heavy atom. The topological polar surface area (TPSA) is 128 Å². The zero-order valence-electron chi connectivity index (χ0n) is 12.8. The van der Waals surface area contributed by atoms with E-state index in [0.29, 0.717) is 22.3 Å². The van der Waals surface area contributed by atoms with Gasteiger partial charge < -0.3 is 20.9 Å². The summed E-state index contributed by atoms with van der Waals surface area (Å²) in [6, 6.07) is 3.41. The Morgan fingerprint density at radius 3 is 2.76 bits per heavy atom. The number of nitrogen functional groups attached to an aromatic ring is 1. The summed E-state index contributed by atoms with van der Waals surface area (Å²) in [6.07, 6.45) is 9.25. The largest absolute Gasteiger partial charge is 0.421 e. The second-order valence-corrected chi connectivity index (χ2v) is 5.26. The number of aromatic nitrogens is 4. The van der Waals surface area contributed by atoms with Crippen LogP contribution in [0.15, 0.2) is 49.3 Å². The van der Waals surface area contributed by atoms with Crippen molar-refractivity contribution in [2.45, 2.75) is 0 Å². The van der Waals surface area contributed by atoms with Gasteiger partial charge in [-0.15, -0.1) is 0 Å². The molecule has 25 heavy (non-hydrogen) atoms. The Balaban J connectivity index is 1.55. The first kappa shape index (κ1) is 14.7. The lowest BCUT2D eigenvalue weighted by Crippen LogP contribution is -2.31. The maximum absolute atomic E-state index is 12.1. The summed E-state index contributed by atoms with van der Waals surface area (Å²) in [5.41, 5.74) is 7.94. The smallest absolute Gasteiger partial charge is 0.397 e. The molecule has 4 aromatic heterocycles. The number of amides is 1. The molecule has 9 heteroatoms. The number of nitrogens with one attached hydrogen (secondary N) is 2. The van der Waals surface area contributed by atoms with E-state index in [0.717, 1.165) is 15.6 Å². The second-order valence-electron chi connectivity index (χ2n) is 5.26. The third kappa shape index (κ3) is 2.53. The van der Waals surface area contributed by atoms with Crippen molar-refractivity contribution in [1.82, 2.24) is 19.7 Å². The van der Waals surface area contributed by atoms with Crippen LogP contribution in [-0.4, -0.2) is 31.6 Å². The van der Waals surface area contributed by atoms with Gasteiger partial charge >= 0.3 is 11.9 Å². The number of hydrogen-bond donors (Lipinski definition) is 3. The van der Waals surface area contributed by atoms with Crippen LogP contribution in [-0.2, 0) is 9.59 Å². The molecule has 0 atom stereocenters. The number of fused-ring (bicyclic) bond motifs is 2. The molecule has 0 saturated carbocycles. The van der Waals surface area contributed by atoms with Crippen molar-refractivity contribution < 1.29 is 14.4 Å². The van der Waals surface area contributed by atoms with E-state index in [4.69, 9.17) is 10.6 Å². The van der Waals surface area contributed by atoms with Crippen LogP contribution in [0.2, 0.25) is 0 Å². The molecule has 0 unspecified atom stereocenters. The number of carbonyl (C=O) groups excluding carboxylic acids is 2. The van der Waals surface area contributed by atoms with Gasteiger partial charge in [-0.2, -0.15) is 4.73 Å². The van der Waals surface area contributed by atoms with Gasteiger partial charge in [-0.1, -0.05) is 0 Å². The number of H-pyrrole nitrogens is 1. The number of anilines is 2. The van der Waals surface area contributed by atoms with E-state index in [1.807, 2.05) is 0 Å². The quantitative estimate of drug-likeness (QED) is 0.470. The van der Waals surface area contributed by atoms with E-state index in [-0.39, 0.29) is 0 Å². The Kier molecular flexibility index (Phi) is 3.31. The molecule has 0 spiro atoms. The molecular formula is C16H12N6O3. The van der Waals surface area contributed by atoms with Crippen LogP contribution in [0.25, 0.3) is 21.8 Å². The number of hydrogen-bond acceptors (Lipinski definition) is 6. The van der Waals surface area contributed by atoms with Crippen molar-refractivity contribution in [3.63, 3.8) is 0 Å². The molecule has 1 amide bonds. The number of nitrogens with zero attached hydrogens (tertiary/aromatic N) is 3. The van der Waals surface area contributed by atoms with E-state index in [2.05, 4.69) is 20.3 Å². The van der Waals surface area contributed by atoms with E-state index in [1.54, 1.807) is 36.9 Å². The third-order valence-corrected chi connectivity index (χ3v) is 3.70. The van der Waals surface area contributed by atoms with Gasteiger partial charge in [-0.3, -0.25) is 14.8 Å². The molecule has 124 valence electrons. The fourth-order valence-corrected chi connectivity index (χ4v) is 2.53. The zero-order chi connectivity index (χ0) is 17.4. The molecule has 0 aliphatic heterocycles. The fourth-order valence-electron chi connectivity index (χ4n) is 2.53. The predicted octanol–water partition coefficient (Wildman–Crippen LogP) is 1.09. The first-order valence-corrected chi connectivity index (χ1v) is 7.29. The SMILES string of the molecule is Nc1cn(OC(=O)C(=O)Nc2c[nH]c3cnccc23)c2cnccc12. The number of nitrogens with two attached hydrogens (primary N) is 1. The standard InChI is InChI=1S/C16H12N6O3/c17-11-8-22(14-7-19-3-1-9(11)14)25-16(24)15(23)21-13-6-20-12-5-18-4-2-10(12)13/h1-8,20H,17H2,(H,21,23). The van der Waals surface area contributed by atoms with Crippen LogP contribution in [0.5, 0.6) is 0 Å². The Labute approximate surface area is 140 Å². The minimum absolute atomic E-state index is 0.412. The molecule has 0 aromatic carbocycles. The minimum Gasteiger partial charge on any atom is -0.397 e. The van der Waals surface area contributed by atoms with Crippen LogP contribution >= 0.6 is 0 Å². The van der Waals surface area contributed by atoms with Crippen molar-refractivity contribution in [1.29, 1.82) is 0 Å². The molecule has 4 heterocycles. The van der Waals surface area contributed by atoms with Crippen LogP contribution in [0.4, 0.5) is 11.4 Å². The molecule has 0 fully saturated rings. The van der Waals surface area contributed by atoms with E-state index >= 15 is 0 Å². The summed E-state index contributed by atoms with van der Waals surface area (Å²) in [5.74, 6) is -1.99. The molecule has 0 aliphatic carbocycles. The molecule has 0 aliphatic rings. The first-order chi connectivity index (χ1) is 12.1. The van der Waals surface area contributed by atoms with Crippen molar-refractivity contribution in [2.75, 3.05) is 11.1 Å². The van der Waals surface area contributed by atoms with Crippen LogP contribution in [0.1, 0.15) is 0 Å². The summed E-state index contributed by atoms with van der Waals surface area (Å²) in [7, 11) is 0. The van der Waals surface area contributed by atoms with Crippen molar-refractivity contribution in [3.8, 4) is 0 Å². The van der Waals surface area contributed by atoms with Gasteiger partial charge in [0, 0.05) is 29.4 Å².